The fourth-order valence-corrected chi connectivity index (χ4v) is 0.497. The summed E-state index contributed by atoms with van der Waals surface area (Å²) in [5.74, 6) is 0. The standard InChI is InChI=1S/C6H12N2O2/c1-3-10-4-5(2)8-6(7)9/h3,5H,1,4H2,2H3,(H3,7,8,9). The first kappa shape index (κ1) is 8.81. The maximum absolute atomic E-state index is 10.2. The second kappa shape index (κ2) is 4.67. The zero-order valence-corrected chi connectivity index (χ0v) is 5.96. The smallest absolute Gasteiger partial charge is 0.312 e. The molecule has 0 aliphatic rings. The quantitative estimate of drug-likeness (QED) is 0.554. The first-order chi connectivity index (χ1) is 4.66. The molecule has 2 amide bonds. The summed E-state index contributed by atoms with van der Waals surface area (Å²) in [6.45, 7) is 5.53. The minimum Gasteiger partial charge on any atom is -0.500 e. The number of amides is 2. The van der Waals surface area contributed by atoms with Crippen LogP contribution in [0.4, 0.5) is 4.79 Å². The van der Waals surface area contributed by atoms with Crippen LogP contribution in [-0.2, 0) is 4.74 Å². The molecule has 0 fully saturated rings. The molecule has 58 valence electrons. The van der Waals surface area contributed by atoms with Crippen LogP contribution in [0.2, 0.25) is 0 Å². The van der Waals surface area contributed by atoms with Gasteiger partial charge in [-0.15, -0.1) is 0 Å². The van der Waals surface area contributed by atoms with E-state index in [1.165, 1.54) is 6.26 Å². The van der Waals surface area contributed by atoms with Crippen molar-refractivity contribution >= 4 is 6.03 Å². The number of rotatable bonds is 4. The van der Waals surface area contributed by atoms with Crippen molar-refractivity contribution in [2.24, 2.45) is 5.73 Å². The van der Waals surface area contributed by atoms with Crippen LogP contribution in [0.3, 0.4) is 0 Å². The van der Waals surface area contributed by atoms with E-state index in [-0.39, 0.29) is 6.04 Å². The Labute approximate surface area is 60.0 Å². The van der Waals surface area contributed by atoms with Gasteiger partial charge in [-0.1, -0.05) is 6.58 Å². The average molecular weight is 144 g/mol. The number of urea groups is 1. The highest BCUT2D eigenvalue weighted by atomic mass is 16.5. The van der Waals surface area contributed by atoms with Crippen molar-refractivity contribution in [3.63, 3.8) is 0 Å². The molecule has 0 aliphatic carbocycles. The van der Waals surface area contributed by atoms with Crippen LogP contribution in [0, 0.1) is 0 Å². The number of primary amides is 1. The molecule has 4 heteroatoms. The Balaban J connectivity index is 3.33. The van der Waals surface area contributed by atoms with E-state index in [4.69, 9.17) is 10.5 Å². The molecule has 0 saturated carbocycles. The summed E-state index contributed by atoms with van der Waals surface area (Å²) in [5, 5.41) is 2.44. The lowest BCUT2D eigenvalue weighted by Gasteiger charge is -2.10. The van der Waals surface area contributed by atoms with Gasteiger partial charge in [0.15, 0.2) is 0 Å². The summed E-state index contributed by atoms with van der Waals surface area (Å²) in [6.07, 6.45) is 1.32. The summed E-state index contributed by atoms with van der Waals surface area (Å²) >= 11 is 0. The average Bonchev–Trinajstić information content (AvgIpc) is 1.82. The highest BCUT2D eigenvalue weighted by molar-refractivity contribution is 5.71. The highest BCUT2D eigenvalue weighted by Gasteiger charge is 2.01. The third-order valence-electron chi connectivity index (χ3n) is 0.853. The van der Waals surface area contributed by atoms with Gasteiger partial charge in [0.2, 0.25) is 0 Å². The molecular weight excluding hydrogens is 132 g/mol. The molecule has 0 aliphatic heterocycles. The molecule has 0 rings (SSSR count). The van der Waals surface area contributed by atoms with Crippen LogP contribution in [0.15, 0.2) is 12.8 Å². The molecule has 4 nitrogen and oxygen atoms in total. The Bertz CT molecular complexity index is 125. The zero-order valence-electron chi connectivity index (χ0n) is 5.96. The molecule has 0 aromatic rings. The predicted molar refractivity (Wildman–Crippen MR) is 38.3 cm³/mol. The number of carbonyl (C=O) groups excluding carboxylic acids is 1. The van der Waals surface area contributed by atoms with E-state index in [9.17, 15) is 4.79 Å². The van der Waals surface area contributed by atoms with Crippen molar-refractivity contribution in [2.45, 2.75) is 13.0 Å². The van der Waals surface area contributed by atoms with Gasteiger partial charge in [0.1, 0.15) is 6.61 Å². The van der Waals surface area contributed by atoms with Crippen molar-refractivity contribution in [2.75, 3.05) is 6.61 Å². The van der Waals surface area contributed by atoms with Crippen molar-refractivity contribution in [1.82, 2.24) is 5.32 Å². The van der Waals surface area contributed by atoms with Crippen LogP contribution < -0.4 is 11.1 Å². The summed E-state index contributed by atoms with van der Waals surface area (Å²) < 4.78 is 4.79. The number of nitrogens with one attached hydrogen (secondary N) is 1. The minimum atomic E-state index is -0.542. The van der Waals surface area contributed by atoms with Gasteiger partial charge in [0, 0.05) is 0 Å². The molecule has 0 radical (unpaired) electrons. The van der Waals surface area contributed by atoms with E-state index < -0.39 is 6.03 Å². The maximum Gasteiger partial charge on any atom is 0.312 e. The lowest BCUT2D eigenvalue weighted by atomic mass is 10.4. The number of carbonyl (C=O) groups is 1. The maximum atomic E-state index is 10.2. The van der Waals surface area contributed by atoms with E-state index in [2.05, 4.69) is 11.9 Å². The van der Waals surface area contributed by atoms with Gasteiger partial charge in [-0.2, -0.15) is 0 Å². The van der Waals surface area contributed by atoms with Crippen LogP contribution in [0.1, 0.15) is 6.92 Å². The Morgan fingerprint density at radius 3 is 3.00 bits per heavy atom. The van der Waals surface area contributed by atoms with Crippen LogP contribution >= 0.6 is 0 Å². The Hall–Kier alpha value is -1.19. The van der Waals surface area contributed by atoms with Crippen LogP contribution in [0.25, 0.3) is 0 Å². The molecule has 0 spiro atoms. The van der Waals surface area contributed by atoms with E-state index in [0.29, 0.717) is 6.61 Å². The molecule has 1 unspecified atom stereocenters. The van der Waals surface area contributed by atoms with Crippen molar-refractivity contribution in [3.05, 3.63) is 12.8 Å². The lowest BCUT2D eigenvalue weighted by Crippen LogP contribution is -2.39. The normalized spacial score (nSPS) is 11.7. The second-order valence-electron chi connectivity index (χ2n) is 1.91. The first-order valence-electron chi connectivity index (χ1n) is 2.95. The highest BCUT2D eigenvalue weighted by Crippen LogP contribution is 1.82. The first-order valence-corrected chi connectivity index (χ1v) is 2.95. The Kier molecular flexibility index (Phi) is 4.11. The molecular formula is C6H12N2O2. The van der Waals surface area contributed by atoms with Gasteiger partial charge in [-0.05, 0) is 6.92 Å². The molecule has 0 saturated heterocycles. The van der Waals surface area contributed by atoms with E-state index in [1.807, 2.05) is 0 Å². The second-order valence-corrected chi connectivity index (χ2v) is 1.91. The minimum absolute atomic E-state index is 0.0736. The topological polar surface area (TPSA) is 64.3 Å². The fourth-order valence-electron chi connectivity index (χ4n) is 0.497. The van der Waals surface area contributed by atoms with Crippen LogP contribution in [-0.4, -0.2) is 18.7 Å². The number of ether oxygens (including phenoxy) is 1. The summed E-state index contributed by atoms with van der Waals surface area (Å²) in [5.41, 5.74) is 4.83. The van der Waals surface area contributed by atoms with Gasteiger partial charge >= 0.3 is 6.03 Å². The third-order valence-corrected chi connectivity index (χ3v) is 0.853. The molecule has 0 aromatic heterocycles. The van der Waals surface area contributed by atoms with Crippen molar-refractivity contribution < 1.29 is 9.53 Å². The van der Waals surface area contributed by atoms with Crippen molar-refractivity contribution in [3.8, 4) is 0 Å². The third kappa shape index (κ3) is 4.96. The number of nitrogens with two attached hydrogens (primary N) is 1. The van der Waals surface area contributed by atoms with Gasteiger partial charge < -0.3 is 15.8 Å². The fraction of sp³-hybridized carbons (Fsp3) is 0.500. The largest absolute Gasteiger partial charge is 0.500 e. The monoisotopic (exact) mass is 144 g/mol. The SMILES string of the molecule is C=COCC(C)NC(N)=O. The number of hydrogen-bond donors (Lipinski definition) is 2. The Morgan fingerprint density at radius 2 is 2.60 bits per heavy atom. The van der Waals surface area contributed by atoms with Crippen LogP contribution in [0.5, 0.6) is 0 Å². The van der Waals surface area contributed by atoms with E-state index in [0.717, 1.165) is 0 Å². The van der Waals surface area contributed by atoms with E-state index >= 15 is 0 Å². The summed E-state index contributed by atoms with van der Waals surface area (Å²) in [4.78, 5) is 10.2. The van der Waals surface area contributed by atoms with E-state index in [1.54, 1.807) is 6.92 Å². The molecule has 0 heterocycles. The molecule has 1 atom stereocenters. The molecule has 0 aromatic carbocycles. The van der Waals surface area contributed by atoms with Gasteiger partial charge in [-0.25, -0.2) is 4.79 Å². The molecule has 3 N–H and O–H groups in total. The summed E-state index contributed by atoms with van der Waals surface area (Å²) in [7, 11) is 0. The van der Waals surface area contributed by atoms with Crippen molar-refractivity contribution in [1.29, 1.82) is 0 Å². The number of hydrogen-bond acceptors (Lipinski definition) is 2. The summed E-state index contributed by atoms with van der Waals surface area (Å²) in [6, 6.07) is -0.615. The van der Waals surface area contributed by atoms with Gasteiger partial charge in [-0.3, -0.25) is 0 Å². The Morgan fingerprint density at radius 1 is 2.00 bits per heavy atom. The van der Waals surface area contributed by atoms with Gasteiger partial charge in [0.25, 0.3) is 0 Å². The molecule has 10 heavy (non-hydrogen) atoms. The predicted octanol–water partition coefficient (Wildman–Crippen LogP) is 0.203. The zero-order chi connectivity index (χ0) is 7.98. The molecule has 0 bridgehead atoms. The lowest BCUT2D eigenvalue weighted by molar-refractivity contribution is 0.209. The van der Waals surface area contributed by atoms with Gasteiger partial charge in [0.05, 0.1) is 12.3 Å².